The first-order valence-corrected chi connectivity index (χ1v) is 10.2. The third kappa shape index (κ3) is 2.65. The Morgan fingerprint density at radius 1 is 1.28 bits per heavy atom. The number of likely N-dealkylation sites (N-methyl/N-ethyl adjacent to an activating group) is 1. The van der Waals surface area contributed by atoms with Crippen LogP contribution in [0.25, 0.3) is 22.0 Å². The highest BCUT2D eigenvalue weighted by Gasteiger charge is 2.50. The van der Waals surface area contributed by atoms with Crippen LogP contribution in [-0.2, 0) is 22.6 Å². The largest absolute Gasteiger partial charge is 0.376 e. The molecule has 0 spiro atoms. The molecule has 152 valence electrons. The maximum Gasteiger partial charge on any atom is 0.248 e. The summed E-state index contributed by atoms with van der Waals surface area (Å²) in [7, 11) is 3.86. The fraction of sp³-hybridized carbons (Fsp3) is 0.400. The second kappa shape index (κ2) is 6.74. The molecule has 7 nitrogen and oxygen atoms in total. The number of ether oxygens (including phenoxy) is 1. The molecule has 9 heteroatoms. The van der Waals surface area contributed by atoms with Gasteiger partial charge in [0, 0.05) is 41.5 Å². The summed E-state index contributed by atoms with van der Waals surface area (Å²) in [6, 6.07) is 3.81. The highest BCUT2D eigenvalue weighted by molar-refractivity contribution is 6.45. The maximum atomic E-state index is 13.4. The average molecular weight is 434 g/mol. The van der Waals surface area contributed by atoms with Crippen molar-refractivity contribution in [2.45, 2.75) is 18.6 Å². The molecule has 0 atom stereocenters. The lowest BCUT2D eigenvalue weighted by molar-refractivity contribution is -0.176. The second-order valence-electron chi connectivity index (χ2n) is 7.86. The van der Waals surface area contributed by atoms with Crippen LogP contribution in [0.5, 0.6) is 0 Å². The zero-order valence-corrected chi connectivity index (χ0v) is 17.7. The Balaban J connectivity index is 1.64. The smallest absolute Gasteiger partial charge is 0.248 e. The number of aromatic amines is 1. The van der Waals surface area contributed by atoms with Gasteiger partial charge in [-0.3, -0.25) is 14.8 Å². The number of nitrogens with one attached hydrogen (secondary N) is 1. The van der Waals surface area contributed by atoms with Gasteiger partial charge in [0.15, 0.2) is 0 Å². The Bertz CT molecular complexity index is 1100. The van der Waals surface area contributed by atoms with Gasteiger partial charge >= 0.3 is 0 Å². The molecular weight excluding hydrogens is 413 g/mol. The van der Waals surface area contributed by atoms with Gasteiger partial charge in [0.1, 0.15) is 5.54 Å². The molecule has 1 saturated heterocycles. The van der Waals surface area contributed by atoms with Crippen molar-refractivity contribution in [1.82, 2.24) is 24.6 Å². The third-order valence-corrected chi connectivity index (χ3v) is 6.96. The van der Waals surface area contributed by atoms with Crippen molar-refractivity contribution in [2.75, 3.05) is 33.9 Å². The summed E-state index contributed by atoms with van der Waals surface area (Å²) in [6.07, 6.45) is 3.65. The predicted octanol–water partition coefficient (Wildman–Crippen LogP) is 3.01. The van der Waals surface area contributed by atoms with Gasteiger partial charge in [-0.15, -0.1) is 0 Å². The van der Waals surface area contributed by atoms with Gasteiger partial charge in [0.25, 0.3) is 0 Å². The Hall–Kier alpha value is -2.06. The number of H-pyrrole nitrogens is 1. The highest BCUT2D eigenvalue weighted by Crippen LogP contribution is 2.42. The van der Waals surface area contributed by atoms with Crippen molar-refractivity contribution in [2.24, 2.45) is 0 Å². The van der Waals surface area contributed by atoms with E-state index >= 15 is 0 Å². The Labute approximate surface area is 178 Å². The minimum absolute atomic E-state index is 0.104. The zero-order chi connectivity index (χ0) is 20.3. The van der Waals surface area contributed by atoms with E-state index in [1.54, 1.807) is 6.20 Å². The van der Waals surface area contributed by atoms with Crippen molar-refractivity contribution < 1.29 is 9.53 Å². The van der Waals surface area contributed by atoms with E-state index in [-0.39, 0.29) is 5.91 Å². The molecule has 2 aliphatic rings. The minimum Gasteiger partial charge on any atom is -0.376 e. The maximum absolute atomic E-state index is 13.4. The van der Waals surface area contributed by atoms with Crippen LogP contribution in [0.15, 0.2) is 24.5 Å². The van der Waals surface area contributed by atoms with E-state index < -0.39 is 5.54 Å². The van der Waals surface area contributed by atoms with E-state index in [9.17, 15) is 4.79 Å². The number of nitrogens with zero attached hydrogens (tertiary/aromatic N) is 4. The fourth-order valence-electron chi connectivity index (χ4n) is 4.37. The standard InChI is InChI=1S/C20H21Cl2N5O2/c1-25(2)20(10-29-11-20)19(28)26-5-6-27-15(9-26)16(12-7-23-24-8-12)13-3-4-14(21)17(22)18(13)27/h3-4,7-8H,5-6,9-11H2,1-2H3,(H,23,24). The summed E-state index contributed by atoms with van der Waals surface area (Å²) in [5, 5.41) is 9.08. The first kappa shape index (κ1) is 18.9. The van der Waals surface area contributed by atoms with E-state index in [0.29, 0.717) is 42.9 Å². The molecule has 1 aromatic carbocycles. The molecule has 2 aliphatic heterocycles. The third-order valence-electron chi connectivity index (χ3n) is 6.17. The summed E-state index contributed by atoms with van der Waals surface area (Å²) < 4.78 is 7.59. The van der Waals surface area contributed by atoms with E-state index in [1.807, 2.05) is 42.2 Å². The van der Waals surface area contributed by atoms with Crippen molar-refractivity contribution in [3.63, 3.8) is 0 Å². The first-order valence-electron chi connectivity index (χ1n) is 9.47. The van der Waals surface area contributed by atoms with Crippen molar-refractivity contribution >= 4 is 40.0 Å². The molecule has 29 heavy (non-hydrogen) atoms. The molecule has 1 N–H and O–H groups in total. The molecule has 0 aliphatic carbocycles. The molecule has 2 aromatic heterocycles. The summed E-state index contributed by atoms with van der Waals surface area (Å²) in [6.45, 7) is 2.61. The van der Waals surface area contributed by atoms with Gasteiger partial charge in [-0.2, -0.15) is 5.10 Å². The Morgan fingerprint density at radius 2 is 2.07 bits per heavy atom. The molecule has 3 aromatic rings. The molecule has 0 bridgehead atoms. The minimum atomic E-state index is -0.578. The van der Waals surface area contributed by atoms with Crippen LogP contribution in [0, 0.1) is 0 Å². The quantitative estimate of drug-likeness (QED) is 0.689. The van der Waals surface area contributed by atoms with Crippen LogP contribution in [0.2, 0.25) is 10.0 Å². The number of hydrogen-bond acceptors (Lipinski definition) is 4. The Kier molecular flexibility index (Phi) is 4.40. The molecule has 1 amide bonds. The molecule has 0 radical (unpaired) electrons. The SMILES string of the molecule is CN(C)C1(C(=O)N2CCn3c(c(-c4cn[nH]c4)c4ccc(Cl)c(Cl)c43)C2)COC1. The predicted molar refractivity (Wildman–Crippen MR) is 112 cm³/mol. The first-order chi connectivity index (χ1) is 13.9. The van der Waals surface area contributed by atoms with Crippen molar-refractivity contribution in [3.8, 4) is 11.1 Å². The van der Waals surface area contributed by atoms with Gasteiger partial charge in [0.05, 0.1) is 41.5 Å². The summed E-state index contributed by atoms with van der Waals surface area (Å²) >= 11 is 12.9. The fourth-order valence-corrected chi connectivity index (χ4v) is 4.79. The van der Waals surface area contributed by atoms with Gasteiger partial charge in [-0.1, -0.05) is 29.3 Å². The normalized spacial score (nSPS) is 18.2. The monoisotopic (exact) mass is 433 g/mol. The number of benzene rings is 1. The Morgan fingerprint density at radius 3 is 2.69 bits per heavy atom. The van der Waals surface area contributed by atoms with Crippen LogP contribution in [0.1, 0.15) is 5.69 Å². The van der Waals surface area contributed by atoms with Crippen molar-refractivity contribution in [3.05, 3.63) is 40.3 Å². The van der Waals surface area contributed by atoms with Crippen LogP contribution in [0.4, 0.5) is 0 Å². The average Bonchev–Trinajstić information content (AvgIpc) is 3.28. The van der Waals surface area contributed by atoms with Gasteiger partial charge in [0.2, 0.25) is 5.91 Å². The molecular formula is C20H21Cl2N5O2. The summed E-state index contributed by atoms with van der Waals surface area (Å²) in [5.41, 5.74) is 3.37. The van der Waals surface area contributed by atoms with Crippen LogP contribution in [-0.4, -0.2) is 69.9 Å². The number of fused-ring (bicyclic) bond motifs is 3. The molecule has 4 heterocycles. The van der Waals surface area contributed by atoms with E-state index in [4.69, 9.17) is 27.9 Å². The van der Waals surface area contributed by atoms with Gasteiger partial charge in [-0.25, -0.2) is 0 Å². The number of carbonyl (C=O) groups is 1. The number of aromatic nitrogens is 3. The van der Waals surface area contributed by atoms with E-state index in [2.05, 4.69) is 14.8 Å². The summed E-state index contributed by atoms with van der Waals surface area (Å²) in [5.74, 6) is 0.104. The lowest BCUT2D eigenvalue weighted by atomic mass is 9.93. The summed E-state index contributed by atoms with van der Waals surface area (Å²) in [4.78, 5) is 17.3. The molecule has 0 unspecified atom stereocenters. The number of rotatable bonds is 3. The molecule has 0 saturated carbocycles. The second-order valence-corrected chi connectivity index (χ2v) is 8.65. The van der Waals surface area contributed by atoms with Crippen LogP contribution < -0.4 is 0 Å². The number of amides is 1. The van der Waals surface area contributed by atoms with Crippen LogP contribution in [0.3, 0.4) is 0 Å². The van der Waals surface area contributed by atoms with Crippen molar-refractivity contribution in [1.29, 1.82) is 0 Å². The lowest BCUT2D eigenvalue weighted by Crippen LogP contribution is -2.68. The number of carbonyl (C=O) groups excluding carboxylic acids is 1. The highest BCUT2D eigenvalue weighted by atomic mass is 35.5. The van der Waals surface area contributed by atoms with E-state index in [1.165, 1.54) is 0 Å². The van der Waals surface area contributed by atoms with Gasteiger partial charge < -0.3 is 14.2 Å². The zero-order valence-electron chi connectivity index (χ0n) is 16.2. The molecule has 1 fully saturated rings. The topological polar surface area (TPSA) is 66.4 Å². The van der Waals surface area contributed by atoms with Gasteiger partial charge in [-0.05, 0) is 20.2 Å². The number of halogens is 2. The van der Waals surface area contributed by atoms with Crippen LogP contribution >= 0.6 is 23.2 Å². The number of hydrogen-bond donors (Lipinski definition) is 1. The van der Waals surface area contributed by atoms with E-state index in [0.717, 1.165) is 27.7 Å². The molecule has 5 rings (SSSR count). The lowest BCUT2D eigenvalue weighted by Gasteiger charge is -2.48.